The van der Waals surface area contributed by atoms with E-state index in [1.807, 2.05) is 4.42 Å². The number of halogens is 1. The number of unbranched alkanes of at least 4 members (excludes halogenated alkanes) is 2. The van der Waals surface area contributed by atoms with Crippen molar-refractivity contribution in [3.05, 3.63) is 0 Å². The Labute approximate surface area is 80.6 Å². The summed E-state index contributed by atoms with van der Waals surface area (Å²) in [5.41, 5.74) is 0. The lowest BCUT2D eigenvalue weighted by molar-refractivity contribution is 0.189. The van der Waals surface area contributed by atoms with Gasteiger partial charge in [0.05, 0.1) is 0 Å². The van der Waals surface area contributed by atoms with E-state index in [2.05, 4.69) is 11.8 Å². The van der Waals surface area contributed by atoms with Crippen molar-refractivity contribution in [1.82, 2.24) is 9.32 Å². The van der Waals surface area contributed by atoms with E-state index in [1.165, 1.54) is 25.8 Å². The molecular weight excluding hydrogens is 172 g/mol. The number of hydrogen-bond acceptors (Lipinski definition) is 2. The summed E-state index contributed by atoms with van der Waals surface area (Å²) in [5.74, 6) is 0. The van der Waals surface area contributed by atoms with E-state index in [0.717, 1.165) is 26.2 Å². The maximum absolute atomic E-state index is 5.85. The molecule has 0 spiro atoms. The van der Waals surface area contributed by atoms with Crippen LogP contribution in [-0.2, 0) is 0 Å². The third-order valence-electron chi connectivity index (χ3n) is 2.40. The summed E-state index contributed by atoms with van der Waals surface area (Å²) in [7, 11) is 0. The zero-order valence-electron chi connectivity index (χ0n) is 7.93. The Morgan fingerprint density at radius 1 is 1.08 bits per heavy atom. The van der Waals surface area contributed by atoms with Crippen LogP contribution in [0.25, 0.3) is 0 Å². The van der Waals surface area contributed by atoms with Gasteiger partial charge < -0.3 is 4.90 Å². The fourth-order valence-corrected chi connectivity index (χ4v) is 1.68. The van der Waals surface area contributed by atoms with Crippen LogP contribution in [-0.4, -0.2) is 42.0 Å². The molecule has 2 nitrogen and oxygen atoms in total. The SMILES string of the molecule is CCCCCN1CCN(Cl)CC1. The van der Waals surface area contributed by atoms with E-state index < -0.39 is 0 Å². The molecule has 0 N–H and O–H groups in total. The lowest BCUT2D eigenvalue weighted by Crippen LogP contribution is -2.42. The third-order valence-corrected chi connectivity index (χ3v) is 2.73. The summed E-state index contributed by atoms with van der Waals surface area (Å²) in [6.45, 7) is 7.84. The summed E-state index contributed by atoms with van der Waals surface area (Å²) in [6.07, 6.45) is 4.02. The van der Waals surface area contributed by atoms with E-state index in [1.54, 1.807) is 0 Å². The molecule has 72 valence electrons. The van der Waals surface area contributed by atoms with Crippen molar-refractivity contribution >= 4 is 11.8 Å². The maximum Gasteiger partial charge on any atom is 0.0267 e. The molecule has 1 saturated heterocycles. The Morgan fingerprint density at radius 2 is 1.75 bits per heavy atom. The summed E-state index contributed by atoms with van der Waals surface area (Å²) in [6, 6.07) is 0. The molecule has 0 amide bonds. The van der Waals surface area contributed by atoms with Gasteiger partial charge in [-0.25, -0.2) is 4.42 Å². The molecule has 3 heteroatoms. The van der Waals surface area contributed by atoms with E-state index in [0.29, 0.717) is 0 Å². The molecule has 1 rings (SSSR count). The van der Waals surface area contributed by atoms with Crippen LogP contribution in [0, 0.1) is 0 Å². The standard InChI is InChI=1S/C9H19ClN2/c1-2-3-4-5-11-6-8-12(10)9-7-11/h2-9H2,1H3. The van der Waals surface area contributed by atoms with Crippen molar-refractivity contribution in [2.24, 2.45) is 0 Å². The van der Waals surface area contributed by atoms with Crippen LogP contribution in [0.1, 0.15) is 26.2 Å². The van der Waals surface area contributed by atoms with Gasteiger partial charge in [-0.3, -0.25) is 0 Å². The van der Waals surface area contributed by atoms with E-state index in [-0.39, 0.29) is 0 Å². The predicted molar refractivity (Wildman–Crippen MR) is 53.4 cm³/mol. The van der Waals surface area contributed by atoms with Crippen LogP contribution in [0.15, 0.2) is 0 Å². The van der Waals surface area contributed by atoms with Crippen molar-refractivity contribution in [2.45, 2.75) is 26.2 Å². The van der Waals surface area contributed by atoms with Gasteiger partial charge in [0.1, 0.15) is 0 Å². The predicted octanol–water partition coefficient (Wildman–Crippen LogP) is 1.95. The van der Waals surface area contributed by atoms with Crippen LogP contribution in [0.5, 0.6) is 0 Å². The molecule has 12 heavy (non-hydrogen) atoms. The molecule has 0 bridgehead atoms. The monoisotopic (exact) mass is 190 g/mol. The molecule has 0 radical (unpaired) electrons. The first-order chi connectivity index (χ1) is 5.83. The third kappa shape index (κ3) is 3.74. The zero-order valence-corrected chi connectivity index (χ0v) is 8.69. The van der Waals surface area contributed by atoms with Crippen LogP contribution >= 0.6 is 11.8 Å². The minimum Gasteiger partial charge on any atom is -0.301 e. The molecule has 1 aliphatic heterocycles. The summed E-state index contributed by atoms with van der Waals surface area (Å²) >= 11 is 5.85. The number of nitrogens with zero attached hydrogens (tertiary/aromatic N) is 2. The molecule has 0 atom stereocenters. The first kappa shape index (κ1) is 10.3. The fourth-order valence-electron chi connectivity index (χ4n) is 1.53. The highest BCUT2D eigenvalue weighted by atomic mass is 35.5. The van der Waals surface area contributed by atoms with Gasteiger partial charge in [-0.05, 0) is 24.7 Å². The Bertz CT molecular complexity index is 111. The first-order valence-electron chi connectivity index (χ1n) is 4.96. The van der Waals surface area contributed by atoms with Crippen molar-refractivity contribution in [3.63, 3.8) is 0 Å². The molecule has 0 saturated carbocycles. The van der Waals surface area contributed by atoms with Crippen LogP contribution < -0.4 is 0 Å². The molecular formula is C9H19ClN2. The lowest BCUT2D eigenvalue weighted by atomic mass is 10.2. The van der Waals surface area contributed by atoms with Crippen LogP contribution in [0.4, 0.5) is 0 Å². The van der Waals surface area contributed by atoms with Gasteiger partial charge in [0.15, 0.2) is 0 Å². The Balaban J connectivity index is 2.01. The Kier molecular flexibility index (Phi) is 4.96. The average molecular weight is 191 g/mol. The van der Waals surface area contributed by atoms with E-state index in [4.69, 9.17) is 11.8 Å². The van der Waals surface area contributed by atoms with Crippen molar-refractivity contribution in [3.8, 4) is 0 Å². The van der Waals surface area contributed by atoms with E-state index >= 15 is 0 Å². The molecule has 1 aliphatic rings. The number of rotatable bonds is 4. The quantitative estimate of drug-likeness (QED) is 0.494. The smallest absolute Gasteiger partial charge is 0.0267 e. The van der Waals surface area contributed by atoms with Crippen molar-refractivity contribution in [1.29, 1.82) is 0 Å². The number of hydrogen-bond donors (Lipinski definition) is 0. The van der Waals surface area contributed by atoms with Gasteiger partial charge in [0, 0.05) is 26.2 Å². The molecule has 0 aliphatic carbocycles. The summed E-state index contributed by atoms with van der Waals surface area (Å²) in [4.78, 5) is 2.51. The molecule has 1 fully saturated rings. The average Bonchev–Trinajstić information content (AvgIpc) is 2.09. The Morgan fingerprint density at radius 3 is 2.33 bits per heavy atom. The fraction of sp³-hybridized carbons (Fsp3) is 1.00. The minimum atomic E-state index is 1.02. The molecule has 0 aromatic rings. The first-order valence-corrected chi connectivity index (χ1v) is 5.30. The van der Waals surface area contributed by atoms with Gasteiger partial charge in [-0.15, -0.1) is 0 Å². The second-order valence-electron chi connectivity index (χ2n) is 3.46. The summed E-state index contributed by atoms with van der Waals surface area (Å²) < 4.78 is 1.89. The van der Waals surface area contributed by atoms with Crippen molar-refractivity contribution < 1.29 is 0 Å². The second-order valence-corrected chi connectivity index (χ2v) is 3.94. The van der Waals surface area contributed by atoms with Crippen LogP contribution in [0.2, 0.25) is 0 Å². The molecule has 0 unspecified atom stereocenters. The lowest BCUT2D eigenvalue weighted by Gasteiger charge is -2.30. The number of piperazine rings is 1. The van der Waals surface area contributed by atoms with Crippen LogP contribution in [0.3, 0.4) is 0 Å². The summed E-state index contributed by atoms with van der Waals surface area (Å²) in [5, 5.41) is 0. The highest BCUT2D eigenvalue weighted by Gasteiger charge is 2.13. The second kappa shape index (κ2) is 5.79. The normalized spacial score (nSPS) is 21.5. The van der Waals surface area contributed by atoms with Gasteiger partial charge in [0.2, 0.25) is 0 Å². The molecule has 0 aromatic carbocycles. The topological polar surface area (TPSA) is 6.48 Å². The molecule has 0 aromatic heterocycles. The minimum absolute atomic E-state index is 1.02. The van der Waals surface area contributed by atoms with Crippen molar-refractivity contribution in [2.75, 3.05) is 32.7 Å². The molecule has 1 heterocycles. The van der Waals surface area contributed by atoms with E-state index in [9.17, 15) is 0 Å². The Hall–Kier alpha value is 0.210. The van der Waals surface area contributed by atoms with Gasteiger partial charge in [-0.1, -0.05) is 19.8 Å². The highest BCUT2D eigenvalue weighted by Crippen LogP contribution is 2.05. The maximum atomic E-state index is 5.85. The van der Waals surface area contributed by atoms with Gasteiger partial charge >= 0.3 is 0 Å². The van der Waals surface area contributed by atoms with Gasteiger partial charge in [0.25, 0.3) is 0 Å². The zero-order chi connectivity index (χ0) is 8.81. The highest BCUT2D eigenvalue weighted by molar-refractivity contribution is 6.13. The largest absolute Gasteiger partial charge is 0.301 e. The van der Waals surface area contributed by atoms with Gasteiger partial charge in [-0.2, -0.15) is 0 Å².